The van der Waals surface area contributed by atoms with E-state index in [2.05, 4.69) is 10.2 Å². The quantitative estimate of drug-likeness (QED) is 0.778. The minimum atomic E-state index is -0.268. The van der Waals surface area contributed by atoms with Gasteiger partial charge in [0.05, 0.1) is 11.3 Å². The maximum atomic E-state index is 12.3. The van der Waals surface area contributed by atoms with Crippen molar-refractivity contribution in [3.05, 3.63) is 76.0 Å². The van der Waals surface area contributed by atoms with Crippen LogP contribution in [0.1, 0.15) is 0 Å². The van der Waals surface area contributed by atoms with Crippen LogP contribution >= 0.6 is 11.6 Å². The topological polar surface area (TPSA) is 45.8 Å². The first-order valence-electron chi connectivity index (χ1n) is 6.16. The molecule has 3 nitrogen and oxygen atoms in total. The highest BCUT2D eigenvalue weighted by Gasteiger charge is 2.14. The van der Waals surface area contributed by atoms with Gasteiger partial charge >= 0.3 is 0 Å². The lowest BCUT2D eigenvalue weighted by Gasteiger charge is -2.09. The zero-order valence-electron chi connectivity index (χ0n) is 10.5. The monoisotopic (exact) mass is 282 g/mol. The summed E-state index contributed by atoms with van der Waals surface area (Å²) in [5, 5.41) is 6.70. The summed E-state index contributed by atoms with van der Waals surface area (Å²) in [6.07, 6.45) is 0. The average Bonchev–Trinajstić information content (AvgIpc) is 2.51. The third kappa shape index (κ3) is 2.24. The van der Waals surface area contributed by atoms with Crippen LogP contribution in [-0.4, -0.2) is 10.2 Å². The second-order valence-corrected chi connectivity index (χ2v) is 4.68. The van der Waals surface area contributed by atoms with E-state index in [1.807, 2.05) is 60.7 Å². The van der Waals surface area contributed by atoms with E-state index in [1.165, 1.54) is 0 Å². The molecule has 0 saturated carbocycles. The van der Waals surface area contributed by atoms with Crippen LogP contribution in [0.25, 0.3) is 22.4 Å². The summed E-state index contributed by atoms with van der Waals surface area (Å²) in [6, 6.07) is 19.0. The Morgan fingerprint density at radius 3 is 2.00 bits per heavy atom. The van der Waals surface area contributed by atoms with Gasteiger partial charge in [0.25, 0.3) is 0 Å². The van der Waals surface area contributed by atoms with Crippen molar-refractivity contribution in [1.82, 2.24) is 10.2 Å². The largest absolute Gasteiger partial charge is 0.286 e. The number of rotatable bonds is 2. The highest BCUT2D eigenvalue weighted by molar-refractivity contribution is 6.29. The van der Waals surface area contributed by atoms with Gasteiger partial charge in [-0.15, -0.1) is 0 Å². The van der Waals surface area contributed by atoms with Gasteiger partial charge in [0.1, 0.15) is 0 Å². The van der Waals surface area contributed by atoms with E-state index < -0.39 is 0 Å². The predicted octanol–water partition coefficient (Wildman–Crippen LogP) is 3.76. The molecule has 0 fully saturated rings. The molecule has 0 bridgehead atoms. The first-order chi connectivity index (χ1) is 9.77. The first-order valence-corrected chi connectivity index (χ1v) is 6.54. The second kappa shape index (κ2) is 5.31. The molecule has 3 aromatic rings. The van der Waals surface area contributed by atoms with Crippen molar-refractivity contribution in [3.8, 4) is 22.4 Å². The molecule has 0 unspecified atom stereocenters. The molecule has 3 rings (SSSR count). The van der Waals surface area contributed by atoms with Gasteiger partial charge in [0.15, 0.2) is 5.15 Å². The number of halogens is 1. The highest BCUT2D eigenvalue weighted by Crippen LogP contribution is 2.27. The molecule has 20 heavy (non-hydrogen) atoms. The van der Waals surface area contributed by atoms with E-state index in [1.54, 1.807) is 0 Å². The third-order valence-corrected chi connectivity index (χ3v) is 3.31. The molecule has 0 amide bonds. The maximum Gasteiger partial charge on any atom is 0.227 e. The van der Waals surface area contributed by atoms with Crippen LogP contribution in [0.5, 0.6) is 0 Å². The lowest BCUT2D eigenvalue weighted by molar-refractivity contribution is 1.03. The molecule has 0 aliphatic heterocycles. The van der Waals surface area contributed by atoms with Crippen LogP contribution in [0.4, 0.5) is 0 Å². The van der Waals surface area contributed by atoms with Gasteiger partial charge in [-0.25, -0.2) is 0 Å². The Bertz CT molecular complexity index is 783. The number of hydrogen-bond donors (Lipinski definition) is 1. The molecule has 0 aliphatic rings. The molecule has 4 heteroatoms. The summed E-state index contributed by atoms with van der Waals surface area (Å²) in [4.78, 5) is 12.3. The standard InChI is InChI=1S/C16H11ClN2O/c17-16-15(20)13(11-7-3-1-4-8-11)14(18-19-16)12-9-5-2-6-10-12/h1-10H,(H,18,20). The fraction of sp³-hybridized carbons (Fsp3) is 0. The zero-order valence-corrected chi connectivity index (χ0v) is 11.3. The number of aromatic amines is 1. The SMILES string of the molecule is O=c1c(Cl)n[nH]c(-c2ccccc2)c1-c1ccccc1. The normalized spacial score (nSPS) is 10.4. The Morgan fingerprint density at radius 1 is 0.850 bits per heavy atom. The molecular formula is C16H11ClN2O. The Balaban J connectivity index is 2.32. The fourth-order valence-electron chi connectivity index (χ4n) is 2.12. The first kappa shape index (κ1) is 12.6. The van der Waals surface area contributed by atoms with E-state index >= 15 is 0 Å². The molecule has 0 radical (unpaired) electrons. The lowest BCUT2D eigenvalue weighted by atomic mass is 10.00. The van der Waals surface area contributed by atoms with E-state index in [4.69, 9.17) is 11.6 Å². The maximum absolute atomic E-state index is 12.3. The van der Waals surface area contributed by atoms with Gasteiger partial charge in [0.2, 0.25) is 5.43 Å². The molecule has 0 spiro atoms. The highest BCUT2D eigenvalue weighted by atomic mass is 35.5. The van der Waals surface area contributed by atoms with Crippen molar-refractivity contribution in [2.24, 2.45) is 0 Å². The van der Waals surface area contributed by atoms with E-state index in [0.29, 0.717) is 11.3 Å². The average molecular weight is 283 g/mol. The van der Waals surface area contributed by atoms with Crippen molar-refractivity contribution in [2.75, 3.05) is 0 Å². The van der Waals surface area contributed by atoms with Crippen LogP contribution in [0.3, 0.4) is 0 Å². The van der Waals surface area contributed by atoms with E-state index in [9.17, 15) is 4.79 Å². The molecule has 1 heterocycles. The van der Waals surface area contributed by atoms with Gasteiger partial charge in [-0.2, -0.15) is 5.10 Å². The molecule has 1 aromatic heterocycles. The summed E-state index contributed by atoms with van der Waals surface area (Å²) in [5.74, 6) is 0. The van der Waals surface area contributed by atoms with Crippen molar-refractivity contribution in [1.29, 1.82) is 0 Å². The van der Waals surface area contributed by atoms with Crippen molar-refractivity contribution in [2.45, 2.75) is 0 Å². The van der Waals surface area contributed by atoms with Crippen LogP contribution < -0.4 is 5.43 Å². The smallest absolute Gasteiger partial charge is 0.227 e. The summed E-state index contributed by atoms with van der Waals surface area (Å²) < 4.78 is 0. The minimum absolute atomic E-state index is 0.0523. The van der Waals surface area contributed by atoms with Gasteiger partial charge in [0, 0.05) is 5.56 Å². The zero-order chi connectivity index (χ0) is 13.9. The Morgan fingerprint density at radius 2 is 1.40 bits per heavy atom. The molecule has 1 N–H and O–H groups in total. The number of nitrogens with one attached hydrogen (secondary N) is 1. The van der Waals surface area contributed by atoms with Crippen LogP contribution in [-0.2, 0) is 0 Å². The number of benzene rings is 2. The summed E-state index contributed by atoms with van der Waals surface area (Å²) >= 11 is 5.87. The van der Waals surface area contributed by atoms with Gasteiger partial charge in [-0.05, 0) is 5.56 Å². The summed E-state index contributed by atoms with van der Waals surface area (Å²) in [6.45, 7) is 0. The molecule has 2 aromatic carbocycles. The van der Waals surface area contributed by atoms with E-state index in [0.717, 1.165) is 11.1 Å². The van der Waals surface area contributed by atoms with E-state index in [-0.39, 0.29) is 10.6 Å². The Kier molecular flexibility index (Phi) is 3.35. The van der Waals surface area contributed by atoms with Crippen molar-refractivity contribution in [3.63, 3.8) is 0 Å². The van der Waals surface area contributed by atoms with Crippen molar-refractivity contribution < 1.29 is 0 Å². The van der Waals surface area contributed by atoms with Crippen molar-refractivity contribution >= 4 is 11.6 Å². The van der Waals surface area contributed by atoms with Gasteiger partial charge < -0.3 is 0 Å². The fourth-order valence-corrected chi connectivity index (χ4v) is 2.26. The minimum Gasteiger partial charge on any atom is -0.286 e. The summed E-state index contributed by atoms with van der Waals surface area (Å²) in [5.41, 5.74) is 2.66. The molecule has 0 atom stereocenters. The molecule has 0 aliphatic carbocycles. The van der Waals surface area contributed by atoms with Crippen LogP contribution in [0.2, 0.25) is 5.15 Å². The molecule has 0 saturated heterocycles. The number of nitrogens with zero attached hydrogens (tertiary/aromatic N) is 1. The number of hydrogen-bond acceptors (Lipinski definition) is 2. The number of H-pyrrole nitrogens is 1. The van der Waals surface area contributed by atoms with Crippen LogP contribution in [0, 0.1) is 0 Å². The van der Waals surface area contributed by atoms with Crippen LogP contribution in [0.15, 0.2) is 65.5 Å². The Hall–Kier alpha value is -2.39. The lowest BCUT2D eigenvalue weighted by Crippen LogP contribution is -2.11. The third-order valence-electron chi connectivity index (χ3n) is 3.06. The molecular weight excluding hydrogens is 272 g/mol. The second-order valence-electron chi connectivity index (χ2n) is 4.33. The number of aromatic nitrogens is 2. The predicted molar refractivity (Wildman–Crippen MR) is 80.7 cm³/mol. The molecule has 98 valence electrons. The van der Waals surface area contributed by atoms with Gasteiger partial charge in [-0.3, -0.25) is 9.89 Å². The van der Waals surface area contributed by atoms with Gasteiger partial charge in [-0.1, -0.05) is 72.3 Å². The summed E-state index contributed by atoms with van der Waals surface area (Å²) in [7, 11) is 0. The Labute approximate surface area is 120 Å².